The lowest BCUT2D eigenvalue weighted by molar-refractivity contribution is -0.941. The van der Waals surface area contributed by atoms with E-state index in [0.29, 0.717) is 6.54 Å². The largest absolute Gasteiger partial charge is 0.342 e. The molecule has 1 heterocycles. The summed E-state index contributed by atoms with van der Waals surface area (Å²) in [5.41, 5.74) is 5.92. The second-order valence-corrected chi connectivity index (χ2v) is 7.91. The van der Waals surface area contributed by atoms with Crippen molar-refractivity contribution in [2.45, 2.75) is 33.1 Å². The Hall–Kier alpha value is -3.17. The van der Waals surface area contributed by atoms with Crippen LogP contribution in [0.3, 0.4) is 0 Å². The Bertz CT molecular complexity index is 1080. The standard InChI is InChI=1S/C27H27FN2/c1-22-10-5-6-13-24(22)20-30-17-9-15-26(30)21-29(18-23-11-3-2-4-12-23)19-25-14-7-8-16-27(25)28/h2-17H,18-21H2,1H3/p+1. The van der Waals surface area contributed by atoms with Crippen LogP contribution in [0.2, 0.25) is 0 Å². The van der Waals surface area contributed by atoms with Crippen LogP contribution in [-0.4, -0.2) is 4.57 Å². The lowest BCUT2D eigenvalue weighted by Crippen LogP contribution is -3.08. The van der Waals surface area contributed by atoms with Gasteiger partial charge >= 0.3 is 0 Å². The van der Waals surface area contributed by atoms with Crippen molar-refractivity contribution in [1.29, 1.82) is 0 Å². The van der Waals surface area contributed by atoms with Crippen molar-refractivity contribution in [3.63, 3.8) is 0 Å². The highest BCUT2D eigenvalue weighted by atomic mass is 19.1. The summed E-state index contributed by atoms with van der Waals surface area (Å²) in [6, 6.07) is 30.4. The minimum Gasteiger partial charge on any atom is -0.342 e. The molecule has 0 aliphatic carbocycles. The molecule has 1 atom stereocenters. The Labute approximate surface area is 178 Å². The van der Waals surface area contributed by atoms with Crippen LogP contribution < -0.4 is 4.90 Å². The Morgan fingerprint density at radius 1 is 0.700 bits per heavy atom. The normalized spacial score (nSPS) is 12.1. The van der Waals surface area contributed by atoms with Gasteiger partial charge in [-0.05, 0) is 36.2 Å². The average Bonchev–Trinajstić information content (AvgIpc) is 3.19. The number of aryl methyl sites for hydroxylation is 1. The molecule has 3 aromatic carbocycles. The molecule has 0 bridgehead atoms. The van der Waals surface area contributed by atoms with Gasteiger partial charge in [0.25, 0.3) is 0 Å². The fourth-order valence-corrected chi connectivity index (χ4v) is 3.97. The molecule has 0 spiro atoms. The molecule has 1 unspecified atom stereocenters. The van der Waals surface area contributed by atoms with Gasteiger partial charge in [-0.3, -0.25) is 0 Å². The molecule has 4 rings (SSSR count). The predicted molar refractivity (Wildman–Crippen MR) is 120 cm³/mol. The highest BCUT2D eigenvalue weighted by Gasteiger charge is 2.16. The van der Waals surface area contributed by atoms with Crippen LogP contribution in [0.4, 0.5) is 4.39 Å². The summed E-state index contributed by atoms with van der Waals surface area (Å²) in [5, 5.41) is 0. The number of nitrogens with one attached hydrogen (secondary N) is 1. The molecular formula is C27H28FN2+. The van der Waals surface area contributed by atoms with E-state index in [1.54, 1.807) is 12.1 Å². The summed E-state index contributed by atoms with van der Waals surface area (Å²) in [6.07, 6.45) is 2.14. The number of nitrogens with zero attached hydrogens (tertiary/aromatic N) is 1. The monoisotopic (exact) mass is 399 g/mol. The van der Waals surface area contributed by atoms with Crippen molar-refractivity contribution in [2.75, 3.05) is 0 Å². The van der Waals surface area contributed by atoms with E-state index in [1.165, 1.54) is 27.3 Å². The number of rotatable bonds is 8. The van der Waals surface area contributed by atoms with Crippen LogP contribution in [0, 0.1) is 12.7 Å². The summed E-state index contributed by atoms with van der Waals surface area (Å²) in [7, 11) is 0. The smallest absolute Gasteiger partial charge is 0.132 e. The molecule has 0 radical (unpaired) electrons. The van der Waals surface area contributed by atoms with Crippen LogP contribution in [0.1, 0.15) is 27.9 Å². The third kappa shape index (κ3) is 5.05. The zero-order valence-electron chi connectivity index (χ0n) is 17.4. The Balaban J connectivity index is 1.57. The van der Waals surface area contributed by atoms with Gasteiger partial charge in [0.2, 0.25) is 0 Å². The van der Waals surface area contributed by atoms with E-state index in [4.69, 9.17) is 0 Å². The van der Waals surface area contributed by atoms with Crippen LogP contribution >= 0.6 is 0 Å². The van der Waals surface area contributed by atoms with Gasteiger partial charge < -0.3 is 9.47 Å². The van der Waals surface area contributed by atoms with Crippen LogP contribution in [-0.2, 0) is 26.2 Å². The molecular weight excluding hydrogens is 371 g/mol. The minimum absolute atomic E-state index is 0.127. The number of hydrogen-bond acceptors (Lipinski definition) is 0. The molecule has 4 aromatic rings. The molecule has 0 aliphatic heterocycles. The van der Waals surface area contributed by atoms with Crippen molar-refractivity contribution >= 4 is 0 Å². The predicted octanol–water partition coefficient (Wildman–Crippen LogP) is 4.77. The van der Waals surface area contributed by atoms with Crippen LogP contribution in [0.5, 0.6) is 0 Å². The molecule has 2 nitrogen and oxygen atoms in total. The maximum Gasteiger partial charge on any atom is 0.132 e. The van der Waals surface area contributed by atoms with Gasteiger partial charge in [0.05, 0.1) is 5.69 Å². The first-order chi connectivity index (χ1) is 14.7. The van der Waals surface area contributed by atoms with Crippen molar-refractivity contribution in [3.8, 4) is 0 Å². The van der Waals surface area contributed by atoms with E-state index < -0.39 is 0 Å². The van der Waals surface area contributed by atoms with E-state index in [9.17, 15) is 4.39 Å². The van der Waals surface area contributed by atoms with Gasteiger partial charge in [-0.1, -0.05) is 72.8 Å². The van der Waals surface area contributed by atoms with Gasteiger partial charge in [-0.2, -0.15) is 0 Å². The molecule has 0 saturated carbocycles. The van der Waals surface area contributed by atoms with Crippen LogP contribution in [0.25, 0.3) is 0 Å². The zero-order valence-corrected chi connectivity index (χ0v) is 17.4. The SMILES string of the molecule is Cc1ccccc1Cn1cccc1C[NH+](Cc1ccccc1)Cc1ccccc1F. The quantitative estimate of drug-likeness (QED) is 0.437. The van der Waals surface area contributed by atoms with Crippen molar-refractivity contribution < 1.29 is 9.29 Å². The molecule has 1 N–H and O–H groups in total. The fourth-order valence-electron chi connectivity index (χ4n) is 3.97. The first kappa shape index (κ1) is 20.1. The molecule has 0 aliphatic rings. The lowest BCUT2D eigenvalue weighted by atomic mass is 10.1. The highest BCUT2D eigenvalue weighted by Crippen LogP contribution is 2.12. The average molecular weight is 400 g/mol. The first-order valence-corrected chi connectivity index (χ1v) is 10.5. The molecule has 0 fully saturated rings. The number of benzene rings is 3. The number of aromatic nitrogens is 1. The van der Waals surface area contributed by atoms with Crippen molar-refractivity contribution in [2.24, 2.45) is 0 Å². The minimum atomic E-state index is -0.127. The number of halogens is 1. The molecule has 0 amide bonds. The zero-order chi connectivity index (χ0) is 20.8. The summed E-state index contributed by atoms with van der Waals surface area (Å²) in [4.78, 5) is 1.32. The topological polar surface area (TPSA) is 9.37 Å². The molecule has 0 saturated heterocycles. The summed E-state index contributed by atoms with van der Waals surface area (Å²) in [5.74, 6) is -0.127. The summed E-state index contributed by atoms with van der Waals surface area (Å²) < 4.78 is 16.7. The molecule has 152 valence electrons. The van der Waals surface area contributed by atoms with Gasteiger partial charge in [-0.15, -0.1) is 0 Å². The number of quaternary nitrogens is 1. The molecule has 30 heavy (non-hydrogen) atoms. The maximum atomic E-state index is 14.4. The van der Waals surface area contributed by atoms with Gasteiger partial charge in [-0.25, -0.2) is 4.39 Å². The van der Waals surface area contributed by atoms with Crippen molar-refractivity contribution in [1.82, 2.24) is 4.57 Å². The van der Waals surface area contributed by atoms with Gasteiger partial charge in [0.1, 0.15) is 25.5 Å². The Morgan fingerprint density at radius 2 is 1.40 bits per heavy atom. The fraction of sp³-hybridized carbons (Fsp3) is 0.185. The molecule has 3 heteroatoms. The van der Waals surface area contributed by atoms with Crippen LogP contribution in [0.15, 0.2) is 97.2 Å². The van der Waals surface area contributed by atoms with E-state index in [-0.39, 0.29) is 5.82 Å². The second kappa shape index (κ2) is 9.55. The summed E-state index contributed by atoms with van der Waals surface area (Å²) >= 11 is 0. The first-order valence-electron chi connectivity index (χ1n) is 10.5. The molecule has 1 aromatic heterocycles. The van der Waals surface area contributed by atoms with E-state index in [0.717, 1.165) is 25.2 Å². The van der Waals surface area contributed by atoms with E-state index >= 15 is 0 Å². The summed E-state index contributed by atoms with van der Waals surface area (Å²) in [6.45, 7) is 5.35. The Kier molecular flexibility index (Phi) is 6.41. The van der Waals surface area contributed by atoms with Crippen molar-refractivity contribution in [3.05, 3.63) is 131 Å². The second-order valence-electron chi connectivity index (χ2n) is 7.91. The van der Waals surface area contributed by atoms with E-state index in [2.05, 4.69) is 78.4 Å². The highest BCUT2D eigenvalue weighted by molar-refractivity contribution is 5.26. The lowest BCUT2D eigenvalue weighted by Gasteiger charge is -2.21. The van der Waals surface area contributed by atoms with Gasteiger partial charge in [0.15, 0.2) is 0 Å². The third-order valence-electron chi connectivity index (χ3n) is 5.65. The van der Waals surface area contributed by atoms with Gasteiger partial charge in [0, 0.05) is 23.9 Å². The number of hydrogen-bond donors (Lipinski definition) is 1. The maximum absolute atomic E-state index is 14.4. The third-order valence-corrected chi connectivity index (χ3v) is 5.65. The Morgan fingerprint density at radius 3 is 2.17 bits per heavy atom. The van der Waals surface area contributed by atoms with E-state index in [1.807, 2.05) is 18.2 Å².